The lowest BCUT2D eigenvalue weighted by Crippen LogP contribution is -2.11. The zero-order valence-electron chi connectivity index (χ0n) is 11.7. The van der Waals surface area contributed by atoms with Gasteiger partial charge in [0.2, 0.25) is 0 Å². The Bertz CT molecular complexity index is 486. The molecular formula is C14H21N3O2. The maximum atomic E-state index is 11.3. The third-order valence-electron chi connectivity index (χ3n) is 3.63. The second kappa shape index (κ2) is 5.07. The van der Waals surface area contributed by atoms with Crippen molar-refractivity contribution in [2.24, 2.45) is 5.41 Å². The average Bonchev–Trinajstić information content (AvgIpc) is 2.93. The number of hydrogen-bond acceptors (Lipinski definition) is 4. The van der Waals surface area contributed by atoms with E-state index >= 15 is 0 Å². The first-order chi connectivity index (χ1) is 8.95. The van der Waals surface area contributed by atoms with E-state index in [0.717, 1.165) is 19.4 Å². The van der Waals surface area contributed by atoms with E-state index in [1.165, 1.54) is 0 Å². The normalized spacial score (nSPS) is 19.8. The highest BCUT2D eigenvalue weighted by Crippen LogP contribution is 2.48. The summed E-state index contributed by atoms with van der Waals surface area (Å²) in [6.07, 6.45) is 1.99. The van der Waals surface area contributed by atoms with E-state index < -0.39 is 0 Å². The van der Waals surface area contributed by atoms with Crippen molar-refractivity contribution in [2.45, 2.75) is 39.7 Å². The van der Waals surface area contributed by atoms with E-state index in [-0.39, 0.29) is 16.0 Å². The van der Waals surface area contributed by atoms with Crippen LogP contribution in [0.2, 0.25) is 0 Å². The number of rotatable bonds is 6. The standard InChI is InChI=1S/C14H21N3O2/c1-4-8-15-10-6-5-7-11(13(10)17(18)19)16-12-9-14(12,2)3/h5-7,12,15-16H,4,8-9H2,1-3H3. The predicted octanol–water partition coefficient (Wildman–Crippen LogP) is 3.63. The van der Waals surface area contributed by atoms with Gasteiger partial charge in [0.05, 0.1) is 4.92 Å². The van der Waals surface area contributed by atoms with Crippen molar-refractivity contribution in [2.75, 3.05) is 17.2 Å². The van der Waals surface area contributed by atoms with Crippen LogP contribution in [0.15, 0.2) is 18.2 Å². The molecule has 0 amide bonds. The number of anilines is 2. The third kappa shape index (κ3) is 2.97. The molecule has 1 aliphatic carbocycles. The van der Waals surface area contributed by atoms with Gasteiger partial charge in [0, 0.05) is 12.6 Å². The first kappa shape index (κ1) is 13.6. The topological polar surface area (TPSA) is 67.2 Å². The molecular weight excluding hydrogens is 242 g/mol. The van der Waals surface area contributed by atoms with Crippen LogP contribution in [0.5, 0.6) is 0 Å². The smallest absolute Gasteiger partial charge is 0.315 e. The van der Waals surface area contributed by atoms with Crippen molar-refractivity contribution in [1.82, 2.24) is 0 Å². The first-order valence-electron chi connectivity index (χ1n) is 6.73. The largest absolute Gasteiger partial charge is 0.379 e. The lowest BCUT2D eigenvalue weighted by Gasteiger charge is -2.12. The molecule has 2 N–H and O–H groups in total. The van der Waals surface area contributed by atoms with Crippen LogP contribution in [0.1, 0.15) is 33.6 Å². The summed E-state index contributed by atoms with van der Waals surface area (Å²) in [5, 5.41) is 17.7. The van der Waals surface area contributed by atoms with Crippen LogP contribution >= 0.6 is 0 Å². The van der Waals surface area contributed by atoms with Crippen molar-refractivity contribution in [1.29, 1.82) is 0 Å². The minimum atomic E-state index is -0.310. The molecule has 1 fully saturated rings. The molecule has 1 saturated carbocycles. The predicted molar refractivity (Wildman–Crippen MR) is 77.7 cm³/mol. The maximum Gasteiger partial charge on any atom is 0.315 e. The zero-order chi connectivity index (χ0) is 14.0. The molecule has 0 bridgehead atoms. The molecule has 1 aromatic rings. The fourth-order valence-corrected chi connectivity index (χ4v) is 2.16. The summed E-state index contributed by atoms with van der Waals surface area (Å²) in [5.74, 6) is 0. The fraction of sp³-hybridized carbons (Fsp3) is 0.571. The van der Waals surface area contributed by atoms with Crippen LogP contribution in [-0.4, -0.2) is 17.5 Å². The van der Waals surface area contributed by atoms with Crippen LogP contribution in [0.3, 0.4) is 0 Å². The van der Waals surface area contributed by atoms with Crippen molar-refractivity contribution in [3.63, 3.8) is 0 Å². The minimum Gasteiger partial charge on any atom is -0.379 e. The van der Waals surface area contributed by atoms with E-state index in [1.54, 1.807) is 12.1 Å². The molecule has 0 spiro atoms. The number of nitro groups is 1. The van der Waals surface area contributed by atoms with Gasteiger partial charge in [-0.25, -0.2) is 0 Å². The molecule has 5 heteroatoms. The van der Waals surface area contributed by atoms with E-state index in [0.29, 0.717) is 17.4 Å². The Labute approximate surface area is 113 Å². The van der Waals surface area contributed by atoms with Crippen LogP contribution < -0.4 is 10.6 Å². The Balaban J connectivity index is 2.24. The van der Waals surface area contributed by atoms with Crippen molar-refractivity contribution in [3.05, 3.63) is 28.3 Å². The Morgan fingerprint density at radius 1 is 1.42 bits per heavy atom. The molecule has 0 aliphatic heterocycles. The molecule has 0 aromatic heterocycles. The van der Waals surface area contributed by atoms with E-state index in [9.17, 15) is 10.1 Å². The number of nitrogens with zero attached hydrogens (tertiary/aromatic N) is 1. The fourth-order valence-electron chi connectivity index (χ4n) is 2.16. The summed E-state index contributed by atoms with van der Waals surface area (Å²) in [4.78, 5) is 11.0. The molecule has 19 heavy (non-hydrogen) atoms. The summed E-state index contributed by atoms with van der Waals surface area (Å²) in [7, 11) is 0. The van der Waals surface area contributed by atoms with E-state index in [1.807, 2.05) is 13.0 Å². The van der Waals surface area contributed by atoms with E-state index in [2.05, 4.69) is 24.5 Å². The number of para-hydroxylation sites is 1. The highest BCUT2D eigenvalue weighted by Gasteiger charge is 2.46. The summed E-state index contributed by atoms with van der Waals surface area (Å²) in [6.45, 7) is 7.10. The highest BCUT2D eigenvalue weighted by atomic mass is 16.6. The molecule has 1 aliphatic rings. The number of hydrogen-bond donors (Lipinski definition) is 2. The number of nitrogens with one attached hydrogen (secondary N) is 2. The van der Waals surface area contributed by atoms with Crippen LogP contribution in [0, 0.1) is 15.5 Å². The van der Waals surface area contributed by atoms with Gasteiger partial charge in [-0.15, -0.1) is 0 Å². The van der Waals surface area contributed by atoms with Crippen molar-refractivity contribution in [3.8, 4) is 0 Å². The number of nitro benzene ring substituents is 1. The van der Waals surface area contributed by atoms with Gasteiger partial charge in [-0.2, -0.15) is 0 Å². The van der Waals surface area contributed by atoms with Gasteiger partial charge in [-0.3, -0.25) is 10.1 Å². The van der Waals surface area contributed by atoms with Gasteiger partial charge >= 0.3 is 5.69 Å². The molecule has 1 unspecified atom stereocenters. The van der Waals surface area contributed by atoms with Crippen LogP contribution in [-0.2, 0) is 0 Å². The molecule has 1 atom stereocenters. The van der Waals surface area contributed by atoms with Gasteiger partial charge in [-0.05, 0) is 30.4 Å². The Morgan fingerprint density at radius 2 is 2.05 bits per heavy atom. The van der Waals surface area contributed by atoms with Gasteiger partial charge in [0.1, 0.15) is 11.4 Å². The SMILES string of the molecule is CCCNc1cccc(NC2CC2(C)C)c1[N+](=O)[O-]. The van der Waals surface area contributed by atoms with Gasteiger partial charge in [0.25, 0.3) is 0 Å². The zero-order valence-corrected chi connectivity index (χ0v) is 11.7. The molecule has 104 valence electrons. The monoisotopic (exact) mass is 263 g/mol. The Hall–Kier alpha value is -1.78. The average molecular weight is 263 g/mol. The first-order valence-corrected chi connectivity index (χ1v) is 6.73. The molecule has 2 rings (SSSR count). The Morgan fingerprint density at radius 3 is 2.58 bits per heavy atom. The third-order valence-corrected chi connectivity index (χ3v) is 3.63. The van der Waals surface area contributed by atoms with Crippen molar-refractivity contribution < 1.29 is 4.92 Å². The second-order valence-corrected chi connectivity index (χ2v) is 5.78. The van der Waals surface area contributed by atoms with Crippen LogP contribution in [0.25, 0.3) is 0 Å². The summed E-state index contributed by atoms with van der Waals surface area (Å²) in [5.41, 5.74) is 1.59. The summed E-state index contributed by atoms with van der Waals surface area (Å²) in [6, 6.07) is 5.72. The molecule has 0 radical (unpaired) electrons. The van der Waals surface area contributed by atoms with Crippen molar-refractivity contribution >= 4 is 17.1 Å². The number of benzene rings is 1. The lowest BCUT2D eigenvalue weighted by atomic mass is 10.1. The quantitative estimate of drug-likeness (QED) is 0.607. The molecule has 0 heterocycles. The van der Waals surface area contributed by atoms with Gasteiger partial charge < -0.3 is 10.6 Å². The maximum absolute atomic E-state index is 11.3. The molecule has 0 saturated heterocycles. The minimum absolute atomic E-state index is 0.152. The van der Waals surface area contributed by atoms with Crippen LogP contribution in [0.4, 0.5) is 17.1 Å². The van der Waals surface area contributed by atoms with Gasteiger partial charge in [0.15, 0.2) is 0 Å². The van der Waals surface area contributed by atoms with E-state index in [4.69, 9.17) is 0 Å². The molecule has 5 nitrogen and oxygen atoms in total. The van der Waals surface area contributed by atoms with Gasteiger partial charge in [-0.1, -0.05) is 26.8 Å². The molecule has 1 aromatic carbocycles. The highest BCUT2D eigenvalue weighted by molar-refractivity contribution is 5.76. The summed E-state index contributed by atoms with van der Waals surface area (Å²) >= 11 is 0. The Kier molecular flexibility index (Phi) is 3.64. The summed E-state index contributed by atoms with van der Waals surface area (Å²) < 4.78 is 0. The lowest BCUT2D eigenvalue weighted by molar-refractivity contribution is -0.383. The second-order valence-electron chi connectivity index (χ2n) is 5.78.